The van der Waals surface area contributed by atoms with Gasteiger partial charge in [0.25, 0.3) is 0 Å². The highest BCUT2D eigenvalue weighted by Gasteiger charge is 2.36. The summed E-state index contributed by atoms with van der Waals surface area (Å²) in [7, 11) is -3.76. The number of hydrogen-bond donors (Lipinski definition) is 0. The zero-order valence-corrected chi connectivity index (χ0v) is 19.7. The minimum atomic E-state index is -3.76. The maximum absolute atomic E-state index is 13.2. The zero-order chi connectivity index (χ0) is 23.7. The Morgan fingerprint density at radius 3 is 2.47 bits per heavy atom. The number of ether oxygens (including phenoxy) is 2. The van der Waals surface area contributed by atoms with Crippen molar-refractivity contribution in [2.24, 2.45) is 5.92 Å². The van der Waals surface area contributed by atoms with Gasteiger partial charge in [0.1, 0.15) is 5.82 Å². The minimum absolute atomic E-state index is 0.0155. The van der Waals surface area contributed by atoms with Crippen LogP contribution >= 0.6 is 0 Å². The van der Waals surface area contributed by atoms with Crippen molar-refractivity contribution < 1.29 is 27.1 Å². The first-order valence-corrected chi connectivity index (χ1v) is 13.0. The van der Waals surface area contributed by atoms with E-state index in [4.69, 9.17) is 9.47 Å². The van der Waals surface area contributed by atoms with Crippen LogP contribution in [-0.2, 0) is 21.4 Å². The van der Waals surface area contributed by atoms with Crippen LogP contribution in [-0.4, -0.2) is 74.5 Å². The molecule has 0 N–H and O–H groups in total. The van der Waals surface area contributed by atoms with Crippen molar-refractivity contribution in [3.8, 4) is 11.5 Å². The van der Waals surface area contributed by atoms with Crippen LogP contribution in [0.2, 0.25) is 0 Å². The number of rotatable bonds is 5. The molecular weight excluding hydrogens is 461 g/mol. The molecule has 1 amide bonds. The molecule has 2 saturated heterocycles. The molecule has 0 saturated carbocycles. The Bertz CT molecular complexity index is 1150. The van der Waals surface area contributed by atoms with Crippen LogP contribution in [0, 0.1) is 11.7 Å². The summed E-state index contributed by atoms with van der Waals surface area (Å²) in [5.74, 6) is 0.709. The summed E-state index contributed by atoms with van der Waals surface area (Å²) in [6, 6.07) is 10.8. The molecule has 0 bridgehead atoms. The smallest absolute Gasteiger partial charge is 0.243 e. The molecule has 3 heterocycles. The van der Waals surface area contributed by atoms with Crippen LogP contribution in [0.4, 0.5) is 4.39 Å². The summed E-state index contributed by atoms with van der Waals surface area (Å²) < 4.78 is 51.4. The van der Waals surface area contributed by atoms with Gasteiger partial charge in [-0.3, -0.25) is 9.69 Å². The lowest BCUT2D eigenvalue weighted by atomic mass is 9.97. The number of carbonyl (C=O) groups excluding carboxylic acids is 1. The highest BCUT2D eigenvalue weighted by atomic mass is 32.2. The molecule has 0 aliphatic carbocycles. The molecule has 1 unspecified atom stereocenters. The predicted octanol–water partition coefficient (Wildman–Crippen LogP) is 2.30. The summed E-state index contributed by atoms with van der Waals surface area (Å²) in [4.78, 5) is 17.4. The molecule has 8 nitrogen and oxygen atoms in total. The second kappa shape index (κ2) is 9.52. The fraction of sp³-hybridized carbons (Fsp3) is 0.458. The van der Waals surface area contributed by atoms with E-state index in [1.165, 1.54) is 16.4 Å². The summed E-state index contributed by atoms with van der Waals surface area (Å²) in [6.07, 6.45) is 1.30. The van der Waals surface area contributed by atoms with Gasteiger partial charge >= 0.3 is 0 Å². The second-order valence-corrected chi connectivity index (χ2v) is 10.9. The van der Waals surface area contributed by atoms with Gasteiger partial charge < -0.3 is 14.4 Å². The van der Waals surface area contributed by atoms with Gasteiger partial charge in [-0.15, -0.1) is 0 Å². The van der Waals surface area contributed by atoms with Crippen molar-refractivity contribution >= 4 is 15.9 Å². The number of fused-ring (bicyclic) bond motifs is 1. The quantitative estimate of drug-likeness (QED) is 0.642. The average Bonchev–Trinajstić information content (AvgIpc) is 3.32. The first-order valence-electron chi connectivity index (χ1n) is 11.6. The first-order chi connectivity index (χ1) is 16.4. The molecule has 1 atom stereocenters. The Morgan fingerprint density at radius 1 is 0.971 bits per heavy atom. The first kappa shape index (κ1) is 23.1. The SMILES string of the molecule is O=C(C1CCCN(S(=O)(=O)c2ccc(F)cc2)C1)N1CCN(Cc2ccc3c(c2)OCO3)CC1. The Balaban J connectivity index is 1.16. The maximum Gasteiger partial charge on any atom is 0.243 e. The molecule has 10 heteroatoms. The van der Waals surface area contributed by atoms with E-state index in [2.05, 4.69) is 4.90 Å². The molecule has 3 aliphatic heterocycles. The van der Waals surface area contributed by atoms with Crippen LogP contribution < -0.4 is 9.47 Å². The van der Waals surface area contributed by atoms with E-state index >= 15 is 0 Å². The van der Waals surface area contributed by atoms with E-state index in [-0.39, 0.29) is 30.1 Å². The van der Waals surface area contributed by atoms with Crippen LogP contribution in [0.1, 0.15) is 18.4 Å². The topological polar surface area (TPSA) is 79.4 Å². The van der Waals surface area contributed by atoms with Crippen molar-refractivity contribution in [3.63, 3.8) is 0 Å². The number of piperazine rings is 1. The van der Waals surface area contributed by atoms with Gasteiger partial charge in [-0.2, -0.15) is 4.31 Å². The number of nitrogens with zero attached hydrogens (tertiary/aromatic N) is 3. The number of sulfonamides is 1. The molecule has 182 valence electrons. The Morgan fingerprint density at radius 2 is 1.71 bits per heavy atom. The van der Waals surface area contributed by atoms with Crippen molar-refractivity contribution in [1.29, 1.82) is 0 Å². The van der Waals surface area contributed by atoms with E-state index in [0.717, 1.165) is 48.8 Å². The molecule has 34 heavy (non-hydrogen) atoms. The molecule has 3 aliphatic rings. The van der Waals surface area contributed by atoms with Crippen LogP contribution in [0.3, 0.4) is 0 Å². The van der Waals surface area contributed by atoms with Crippen molar-refractivity contribution in [3.05, 3.63) is 53.8 Å². The average molecular weight is 490 g/mol. The highest BCUT2D eigenvalue weighted by molar-refractivity contribution is 7.89. The van der Waals surface area contributed by atoms with Gasteiger partial charge in [0.05, 0.1) is 10.8 Å². The van der Waals surface area contributed by atoms with Crippen molar-refractivity contribution in [1.82, 2.24) is 14.1 Å². The summed E-state index contributed by atoms with van der Waals surface area (Å²) in [6.45, 7) is 4.29. The third-order valence-electron chi connectivity index (χ3n) is 6.71. The number of piperidine rings is 1. The van der Waals surface area contributed by atoms with Crippen molar-refractivity contribution in [2.45, 2.75) is 24.3 Å². The van der Waals surface area contributed by atoms with Gasteiger partial charge in [-0.25, -0.2) is 12.8 Å². The molecule has 2 aromatic carbocycles. The van der Waals surface area contributed by atoms with Gasteiger partial charge in [0, 0.05) is 45.8 Å². The summed E-state index contributed by atoms with van der Waals surface area (Å²) in [5.41, 5.74) is 1.14. The maximum atomic E-state index is 13.2. The molecule has 0 radical (unpaired) electrons. The van der Waals surface area contributed by atoms with E-state index in [1.807, 2.05) is 23.1 Å². The van der Waals surface area contributed by atoms with E-state index in [1.54, 1.807) is 0 Å². The monoisotopic (exact) mass is 489 g/mol. The lowest BCUT2D eigenvalue weighted by molar-refractivity contribution is -0.138. The molecule has 0 aromatic heterocycles. The van der Waals surface area contributed by atoms with E-state index in [9.17, 15) is 17.6 Å². The lowest BCUT2D eigenvalue weighted by Crippen LogP contribution is -2.52. The zero-order valence-electron chi connectivity index (χ0n) is 18.9. The Kier molecular flexibility index (Phi) is 6.46. The third-order valence-corrected chi connectivity index (χ3v) is 8.59. The molecule has 5 rings (SSSR count). The van der Waals surface area contributed by atoms with Gasteiger partial charge in [-0.05, 0) is 54.8 Å². The normalized spacial score (nSPS) is 21.6. The fourth-order valence-electron chi connectivity index (χ4n) is 4.80. The van der Waals surface area contributed by atoms with Crippen LogP contribution in [0.15, 0.2) is 47.4 Å². The molecule has 0 spiro atoms. The molecule has 2 fully saturated rings. The number of hydrogen-bond acceptors (Lipinski definition) is 6. The number of benzene rings is 2. The van der Waals surface area contributed by atoms with Crippen LogP contribution in [0.25, 0.3) is 0 Å². The second-order valence-electron chi connectivity index (χ2n) is 8.95. The molecular formula is C24H28FN3O5S. The van der Waals surface area contributed by atoms with E-state index < -0.39 is 15.8 Å². The fourth-order valence-corrected chi connectivity index (χ4v) is 6.32. The van der Waals surface area contributed by atoms with Crippen molar-refractivity contribution in [2.75, 3.05) is 46.1 Å². The number of carbonyl (C=O) groups is 1. The third kappa shape index (κ3) is 4.75. The Labute approximate surface area is 198 Å². The van der Waals surface area contributed by atoms with Gasteiger partial charge in [0.2, 0.25) is 22.7 Å². The molecule has 2 aromatic rings. The largest absolute Gasteiger partial charge is 0.454 e. The van der Waals surface area contributed by atoms with E-state index in [0.29, 0.717) is 32.5 Å². The Hall–Kier alpha value is -2.69. The summed E-state index contributed by atoms with van der Waals surface area (Å²) in [5, 5.41) is 0. The highest BCUT2D eigenvalue weighted by Crippen LogP contribution is 2.33. The van der Waals surface area contributed by atoms with Crippen LogP contribution in [0.5, 0.6) is 11.5 Å². The van der Waals surface area contributed by atoms with Gasteiger partial charge in [-0.1, -0.05) is 6.07 Å². The van der Waals surface area contributed by atoms with Gasteiger partial charge in [0.15, 0.2) is 11.5 Å². The lowest BCUT2D eigenvalue weighted by Gasteiger charge is -2.38. The predicted molar refractivity (Wildman–Crippen MR) is 122 cm³/mol. The standard InChI is InChI=1S/C24H28FN3O5S/c25-20-4-6-21(7-5-20)34(30,31)28-9-1-2-19(16-28)24(29)27-12-10-26(11-13-27)15-18-3-8-22-23(14-18)33-17-32-22/h3-8,14,19H,1-2,9-13,15-17H2. The number of amides is 1. The summed E-state index contributed by atoms with van der Waals surface area (Å²) >= 11 is 0. The minimum Gasteiger partial charge on any atom is -0.454 e. The number of halogens is 1.